The van der Waals surface area contributed by atoms with Crippen molar-refractivity contribution in [2.24, 2.45) is 0 Å². The van der Waals surface area contributed by atoms with Gasteiger partial charge < -0.3 is 19.1 Å². The van der Waals surface area contributed by atoms with Crippen molar-refractivity contribution >= 4 is 11.5 Å². The lowest BCUT2D eigenvalue weighted by atomic mass is 10.2. The number of anilines is 2. The summed E-state index contributed by atoms with van der Waals surface area (Å²) in [7, 11) is 3.35. The minimum Gasteiger partial charge on any atom is -0.462 e. The molecular weight excluding hydrogens is 322 g/mol. The molecule has 134 valence electrons. The molecule has 0 aliphatic carbocycles. The minimum absolute atomic E-state index is 0.592. The Labute approximate surface area is 147 Å². The maximum atomic E-state index is 10.3. The van der Waals surface area contributed by atoms with Crippen molar-refractivity contribution < 1.29 is 19.4 Å². The van der Waals surface area contributed by atoms with Gasteiger partial charge in [-0.3, -0.25) is 5.21 Å². The molecule has 0 bridgehead atoms. The highest BCUT2D eigenvalue weighted by molar-refractivity contribution is 5.61. The van der Waals surface area contributed by atoms with Crippen LogP contribution >= 0.6 is 0 Å². The smallest absolute Gasteiger partial charge is 0.223 e. The van der Waals surface area contributed by atoms with Gasteiger partial charge in [0.15, 0.2) is 0 Å². The Balaban J connectivity index is 1.73. The molecule has 1 N–H and O–H groups in total. The maximum Gasteiger partial charge on any atom is 0.223 e. The lowest BCUT2D eigenvalue weighted by molar-refractivity contribution is 0.114. The third kappa shape index (κ3) is 3.84. The number of rotatable bonds is 8. The van der Waals surface area contributed by atoms with E-state index in [-0.39, 0.29) is 0 Å². The Morgan fingerprint density at radius 1 is 1.12 bits per heavy atom. The summed E-state index contributed by atoms with van der Waals surface area (Å²) in [4.78, 5) is 6.62. The zero-order chi connectivity index (χ0) is 17.6. The predicted octanol–water partition coefficient (Wildman–Crippen LogP) is 2.47. The van der Waals surface area contributed by atoms with Crippen molar-refractivity contribution in [1.82, 2.24) is 4.98 Å². The molecule has 7 heteroatoms. The van der Waals surface area contributed by atoms with Crippen LogP contribution in [0.4, 0.5) is 11.5 Å². The second-order valence-corrected chi connectivity index (χ2v) is 5.70. The third-order valence-electron chi connectivity index (χ3n) is 4.08. The number of hydrogen-bond acceptors (Lipinski definition) is 7. The summed E-state index contributed by atoms with van der Waals surface area (Å²) in [6.07, 6.45) is 1.13. The highest BCUT2D eigenvalue weighted by Crippen LogP contribution is 2.41. The van der Waals surface area contributed by atoms with Crippen LogP contribution in [0.1, 0.15) is 11.8 Å². The van der Waals surface area contributed by atoms with Gasteiger partial charge in [0.05, 0.1) is 13.2 Å². The van der Waals surface area contributed by atoms with Crippen LogP contribution in [0.25, 0.3) is 0 Å². The molecule has 25 heavy (non-hydrogen) atoms. The zero-order valence-corrected chi connectivity index (χ0v) is 14.5. The molecule has 0 fully saturated rings. The molecule has 1 atom stereocenters. The molecule has 0 amide bonds. The van der Waals surface area contributed by atoms with Crippen molar-refractivity contribution in [1.29, 1.82) is 0 Å². The number of methoxy groups -OCH3 is 2. The zero-order valence-electron chi connectivity index (χ0n) is 14.5. The van der Waals surface area contributed by atoms with E-state index in [1.54, 1.807) is 20.4 Å². The van der Waals surface area contributed by atoms with Crippen LogP contribution in [0.15, 0.2) is 42.6 Å². The van der Waals surface area contributed by atoms with Crippen molar-refractivity contribution in [3.8, 4) is 5.75 Å². The van der Waals surface area contributed by atoms with E-state index in [9.17, 15) is 5.21 Å². The van der Waals surface area contributed by atoms with Crippen LogP contribution in [0.3, 0.4) is 0 Å². The van der Waals surface area contributed by atoms with E-state index in [0.29, 0.717) is 24.7 Å². The highest BCUT2D eigenvalue weighted by Gasteiger charge is 2.31. The summed E-state index contributed by atoms with van der Waals surface area (Å²) in [6.45, 7) is 2.67. The molecule has 1 aromatic heterocycles. The molecule has 3 rings (SSSR count). The van der Waals surface area contributed by atoms with E-state index >= 15 is 0 Å². The average Bonchev–Trinajstić information content (AvgIpc) is 2.99. The second kappa shape index (κ2) is 8.15. The first-order valence-electron chi connectivity index (χ1n) is 8.17. The normalized spacial score (nSPS) is 15.8. The van der Waals surface area contributed by atoms with Gasteiger partial charge in [-0.15, -0.1) is 0 Å². The monoisotopic (exact) mass is 345 g/mol. The van der Waals surface area contributed by atoms with Crippen LogP contribution in [0.5, 0.6) is 5.75 Å². The molecule has 1 aliphatic heterocycles. The molecule has 0 saturated carbocycles. The number of hydrogen-bond donors (Lipinski definition) is 1. The SMILES string of the molecule is COCCN(CCOC)c1ccc(C2Oc3ccccc3N2O)cn1. The fourth-order valence-corrected chi connectivity index (χ4v) is 2.73. The summed E-state index contributed by atoms with van der Waals surface area (Å²) < 4.78 is 16.1. The van der Waals surface area contributed by atoms with E-state index in [4.69, 9.17) is 14.2 Å². The Bertz CT molecular complexity index is 672. The molecule has 0 spiro atoms. The van der Waals surface area contributed by atoms with Crippen LogP contribution in [0, 0.1) is 0 Å². The van der Waals surface area contributed by atoms with E-state index in [2.05, 4.69) is 9.88 Å². The Kier molecular flexibility index (Phi) is 5.70. The molecule has 0 radical (unpaired) electrons. The fourth-order valence-electron chi connectivity index (χ4n) is 2.73. The fraction of sp³-hybridized carbons (Fsp3) is 0.389. The van der Waals surface area contributed by atoms with Crippen molar-refractivity contribution in [2.45, 2.75) is 6.23 Å². The lowest BCUT2D eigenvalue weighted by Gasteiger charge is -2.24. The molecule has 0 saturated heterocycles. The maximum absolute atomic E-state index is 10.3. The first kappa shape index (κ1) is 17.5. The lowest BCUT2D eigenvalue weighted by Crippen LogP contribution is -2.31. The number of hydroxylamine groups is 1. The van der Waals surface area contributed by atoms with Crippen molar-refractivity contribution in [3.63, 3.8) is 0 Å². The number of ether oxygens (including phenoxy) is 3. The van der Waals surface area contributed by atoms with Gasteiger partial charge in [0.25, 0.3) is 0 Å². The van der Waals surface area contributed by atoms with Gasteiger partial charge in [0, 0.05) is 39.1 Å². The summed E-state index contributed by atoms with van der Waals surface area (Å²) in [5.41, 5.74) is 1.43. The summed E-state index contributed by atoms with van der Waals surface area (Å²) in [5, 5.41) is 11.5. The van der Waals surface area contributed by atoms with E-state index in [1.807, 2.05) is 36.4 Å². The molecule has 1 unspecified atom stereocenters. The third-order valence-corrected chi connectivity index (χ3v) is 4.08. The molecule has 2 aromatic rings. The quantitative estimate of drug-likeness (QED) is 0.788. The van der Waals surface area contributed by atoms with Crippen molar-refractivity contribution in [2.75, 3.05) is 50.5 Å². The topological polar surface area (TPSA) is 67.3 Å². The van der Waals surface area contributed by atoms with Crippen LogP contribution < -0.4 is 14.7 Å². The van der Waals surface area contributed by atoms with Gasteiger partial charge in [-0.05, 0) is 24.3 Å². The van der Waals surface area contributed by atoms with E-state index < -0.39 is 6.23 Å². The van der Waals surface area contributed by atoms with Gasteiger partial charge in [-0.2, -0.15) is 0 Å². The van der Waals surface area contributed by atoms with Gasteiger partial charge in [-0.25, -0.2) is 10.0 Å². The Morgan fingerprint density at radius 2 is 1.84 bits per heavy atom. The highest BCUT2D eigenvalue weighted by atomic mass is 16.6. The van der Waals surface area contributed by atoms with Gasteiger partial charge in [0.2, 0.25) is 6.23 Å². The first-order valence-corrected chi connectivity index (χ1v) is 8.17. The molecule has 2 heterocycles. The standard InChI is InChI=1S/C18H23N3O4/c1-23-11-9-20(10-12-24-2)17-8-7-14(13-19-17)18-21(22)15-5-3-4-6-16(15)25-18/h3-8,13,18,22H,9-12H2,1-2H3. The first-order chi connectivity index (χ1) is 12.2. The average molecular weight is 345 g/mol. The molecule has 7 nitrogen and oxygen atoms in total. The molecular formula is C18H23N3O4. The van der Waals surface area contributed by atoms with Crippen LogP contribution in [0.2, 0.25) is 0 Å². The predicted molar refractivity (Wildman–Crippen MR) is 94.3 cm³/mol. The van der Waals surface area contributed by atoms with Gasteiger partial charge >= 0.3 is 0 Å². The van der Waals surface area contributed by atoms with Crippen LogP contribution in [-0.4, -0.2) is 50.7 Å². The van der Waals surface area contributed by atoms with E-state index in [0.717, 1.165) is 29.5 Å². The summed E-state index contributed by atoms with van der Waals surface area (Å²) >= 11 is 0. The van der Waals surface area contributed by atoms with Crippen molar-refractivity contribution in [3.05, 3.63) is 48.2 Å². The minimum atomic E-state index is -0.592. The number of aromatic nitrogens is 1. The Morgan fingerprint density at radius 3 is 2.44 bits per heavy atom. The van der Waals surface area contributed by atoms with Gasteiger partial charge in [0.1, 0.15) is 17.3 Å². The second-order valence-electron chi connectivity index (χ2n) is 5.70. The number of pyridine rings is 1. The summed E-state index contributed by atoms with van der Waals surface area (Å²) in [5.74, 6) is 1.48. The molecule has 1 aromatic carbocycles. The van der Waals surface area contributed by atoms with Crippen LogP contribution in [-0.2, 0) is 9.47 Å². The molecule has 1 aliphatic rings. The largest absolute Gasteiger partial charge is 0.462 e. The number of benzene rings is 1. The summed E-state index contributed by atoms with van der Waals surface area (Å²) in [6, 6.07) is 11.2. The Hall–Kier alpha value is -2.35. The number of fused-ring (bicyclic) bond motifs is 1. The van der Waals surface area contributed by atoms with Gasteiger partial charge in [-0.1, -0.05) is 12.1 Å². The van der Waals surface area contributed by atoms with E-state index in [1.165, 1.54) is 0 Å². The number of para-hydroxylation sites is 2. The number of nitrogens with zero attached hydrogens (tertiary/aromatic N) is 3.